The number of carboxylic acid groups (broad SMARTS) is 2. The van der Waals surface area contributed by atoms with Gasteiger partial charge in [-0.3, -0.25) is 0 Å². The minimum absolute atomic E-state index is 0.105. The molecule has 0 aliphatic carbocycles. The summed E-state index contributed by atoms with van der Waals surface area (Å²) in [4.78, 5) is 66.5. The summed E-state index contributed by atoms with van der Waals surface area (Å²) in [5.41, 5.74) is 0.131. The first-order valence-corrected chi connectivity index (χ1v) is 10.7. The van der Waals surface area contributed by atoms with E-state index < -0.39 is 41.8 Å². The van der Waals surface area contributed by atoms with Gasteiger partial charge in [0.25, 0.3) is 0 Å². The maximum atomic E-state index is 12.6. The molecule has 0 saturated heterocycles. The zero-order valence-electron chi connectivity index (χ0n) is 21.2. The molecule has 0 aromatic heterocycles. The molecule has 1 aromatic rings. The number of esters is 1. The predicted molar refractivity (Wildman–Crippen MR) is 122 cm³/mol. The van der Waals surface area contributed by atoms with E-state index in [4.69, 9.17) is 34.0 Å². The normalized spacial score (nSPS) is 12.3. The topological polar surface area (TPSA) is 188 Å². The van der Waals surface area contributed by atoms with Crippen molar-refractivity contribution in [3.05, 3.63) is 17.7 Å². The van der Waals surface area contributed by atoms with Gasteiger partial charge in [0.15, 0.2) is 11.5 Å². The second-order valence-corrected chi connectivity index (χ2v) is 7.61. The van der Waals surface area contributed by atoms with Gasteiger partial charge in [-0.05, 0) is 24.5 Å². The molecule has 2 atom stereocenters. The van der Waals surface area contributed by atoms with Crippen molar-refractivity contribution >= 4 is 29.8 Å². The fourth-order valence-electron chi connectivity index (χ4n) is 3.18. The highest BCUT2D eigenvalue weighted by Gasteiger charge is 2.30. The Bertz CT molecular complexity index is 972. The van der Waals surface area contributed by atoms with Crippen LogP contribution < -0.4 is 14.2 Å². The van der Waals surface area contributed by atoms with Crippen LogP contribution in [0.3, 0.4) is 0 Å². The molecule has 206 valence electrons. The van der Waals surface area contributed by atoms with E-state index in [2.05, 4.69) is 4.84 Å². The standard InChI is InChI=1S/C22H30N2O13/c1-12(7-8-35-20(29)13-9-15(32-4)17(34-6)16(10-13)33-5)14(24(3)37-22(31)19(27)28)11-23(2)36-21(30)18(25)26/h9-10,12,14H,7-8,11H2,1-6H3,(H,25,26)(H,27,28). The predicted octanol–water partition coefficient (Wildman–Crippen LogP) is 0.213. The average molecular weight is 530 g/mol. The lowest BCUT2D eigenvalue weighted by atomic mass is 9.98. The van der Waals surface area contributed by atoms with Gasteiger partial charge >= 0.3 is 29.8 Å². The monoisotopic (exact) mass is 530 g/mol. The number of hydroxylamine groups is 4. The first kappa shape index (κ1) is 30.9. The lowest BCUT2D eigenvalue weighted by Crippen LogP contribution is -2.47. The molecule has 2 unspecified atom stereocenters. The first-order chi connectivity index (χ1) is 17.4. The summed E-state index contributed by atoms with van der Waals surface area (Å²) in [6.07, 6.45) is 0.191. The van der Waals surface area contributed by atoms with Crippen molar-refractivity contribution in [2.24, 2.45) is 5.92 Å². The zero-order chi connectivity index (χ0) is 28.3. The Balaban J connectivity index is 2.93. The van der Waals surface area contributed by atoms with E-state index in [1.54, 1.807) is 6.92 Å². The third kappa shape index (κ3) is 9.12. The van der Waals surface area contributed by atoms with E-state index in [1.165, 1.54) is 47.6 Å². The molecular weight excluding hydrogens is 500 g/mol. The van der Waals surface area contributed by atoms with Crippen molar-refractivity contribution in [2.45, 2.75) is 19.4 Å². The quantitative estimate of drug-likeness (QED) is 0.200. The summed E-state index contributed by atoms with van der Waals surface area (Å²) in [7, 11) is 6.75. The molecule has 37 heavy (non-hydrogen) atoms. The lowest BCUT2D eigenvalue weighted by Gasteiger charge is -2.33. The molecule has 0 saturated carbocycles. The van der Waals surface area contributed by atoms with E-state index in [0.717, 1.165) is 10.1 Å². The molecule has 15 nitrogen and oxygen atoms in total. The highest BCUT2D eigenvalue weighted by molar-refractivity contribution is 6.28. The van der Waals surface area contributed by atoms with Gasteiger partial charge in [0.1, 0.15) is 0 Å². The van der Waals surface area contributed by atoms with E-state index in [-0.39, 0.29) is 36.6 Å². The minimum Gasteiger partial charge on any atom is -0.493 e. The van der Waals surface area contributed by atoms with Gasteiger partial charge in [0, 0.05) is 14.1 Å². The molecule has 0 radical (unpaired) electrons. The van der Waals surface area contributed by atoms with E-state index >= 15 is 0 Å². The molecule has 0 amide bonds. The van der Waals surface area contributed by atoms with Crippen molar-refractivity contribution in [3.63, 3.8) is 0 Å². The Labute approximate surface area is 212 Å². The van der Waals surface area contributed by atoms with Crippen molar-refractivity contribution in [2.75, 3.05) is 48.6 Å². The van der Waals surface area contributed by atoms with Gasteiger partial charge in [-0.25, -0.2) is 24.0 Å². The summed E-state index contributed by atoms with van der Waals surface area (Å²) in [5, 5.41) is 19.3. The maximum Gasteiger partial charge on any atom is 0.436 e. The fourth-order valence-corrected chi connectivity index (χ4v) is 3.18. The molecule has 1 aromatic carbocycles. The number of hydrogen-bond acceptors (Lipinski definition) is 13. The molecule has 0 aliphatic rings. The smallest absolute Gasteiger partial charge is 0.436 e. The zero-order valence-corrected chi connectivity index (χ0v) is 21.2. The van der Waals surface area contributed by atoms with Gasteiger partial charge in [0.2, 0.25) is 5.75 Å². The highest BCUT2D eigenvalue weighted by atomic mass is 16.7. The molecule has 0 fully saturated rings. The first-order valence-electron chi connectivity index (χ1n) is 10.7. The van der Waals surface area contributed by atoms with Gasteiger partial charge in [0.05, 0.1) is 46.1 Å². The maximum absolute atomic E-state index is 12.6. The highest BCUT2D eigenvalue weighted by Crippen LogP contribution is 2.38. The second kappa shape index (κ2) is 14.4. The second-order valence-electron chi connectivity index (χ2n) is 7.61. The number of methoxy groups -OCH3 is 3. The number of aliphatic carboxylic acids is 2. The van der Waals surface area contributed by atoms with Crippen LogP contribution in [0.1, 0.15) is 23.7 Å². The van der Waals surface area contributed by atoms with Crippen LogP contribution in [-0.2, 0) is 33.6 Å². The van der Waals surface area contributed by atoms with Crippen LogP contribution >= 0.6 is 0 Å². The van der Waals surface area contributed by atoms with E-state index in [0.29, 0.717) is 5.75 Å². The van der Waals surface area contributed by atoms with Gasteiger partial charge in [-0.15, -0.1) is 10.1 Å². The minimum atomic E-state index is -1.83. The van der Waals surface area contributed by atoms with Crippen LogP contribution in [0.25, 0.3) is 0 Å². The summed E-state index contributed by atoms with van der Waals surface area (Å²) < 4.78 is 21.0. The number of carbonyl (C=O) groups excluding carboxylic acids is 3. The third-order valence-corrected chi connectivity index (χ3v) is 5.09. The number of carbonyl (C=O) groups is 5. The van der Waals surface area contributed by atoms with Gasteiger partial charge in [-0.1, -0.05) is 6.92 Å². The van der Waals surface area contributed by atoms with Gasteiger partial charge in [-0.2, -0.15) is 0 Å². The van der Waals surface area contributed by atoms with Crippen LogP contribution in [0, 0.1) is 5.92 Å². The number of nitrogens with zero attached hydrogens (tertiary/aromatic N) is 2. The number of benzene rings is 1. The van der Waals surface area contributed by atoms with Crippen molar-refractivity contribution in [1.82, 2.24) is 10.1 Å². The third-order valence-electron chi connectivity index (χ3n) is 5.09. The van der Waals surface area contributed by atoms with Crippen LogP contribution in [-0.4, -0.2) is 105 Å². The average Bonchev–Trinajstić information content (AvgIpc) is 2.85. The van der Waals surface area contributed by atoms with E-state index in [9.17, 15) is 24.0 Å². The Morgan fingerprint density at radius 1 is 0.865 bits per heavy atom. The van der Waals surface area contributed by atoms with Gasteiger partial charge < -0.3 is 38.8 Å². The summed E-state index contributed by atoms with van der Waals surface area (Å²) in [6.45, 7) is 1.38. The number of likely N-dealkylation sites (N-methyl/N-ethyl adjacent to an activating group) is 2. The summed E-state index contributed by atoms with van der Waals surface area (Å²) >= 11 is 0. The molecule has 0 bridgehead atoms. The molecule has 0 spiro atoms. The SMILES string of the molecule is COc1cc(C(=O)OCCC(C)C(CN(C)OC(=O)C(=O)O)N(C)OC(=O)C(=O)O)cc(OC)c1OC. The molecular formula is C22H30N2O13. The Kier molecular flexibility index (Phi) is 12.1. The van der Waals surface area contributed by atoms with Crippen molar-refractivity contribution < 1.29 is 62.8 Å². The summed E-state index contributed by atoms with van der Waals surface area (Å²) in [6, 6.07) is 2.02. The van der Waals surface area contributed by atoms with Crippen LogP contribution in [0.4, 0.5) is 0 Å². The van der Waals surface area contributed by atoms with Crippen molar-refractivity contribution in [3.8, 4) is 17.2 Å². The molecule has 0 aliphatic heterocycles. The molecule has 0 heterocycles. The Morgan fingerprint density at radius 2 is 1.38 bits per heavy atom. The lowest BCUT2D eigenvalue weighted by molar-refractivity contribution is -0.219. The Morgan fingerprint density at radius 3 is 1.84 bits per heavy atom. The Hall–Kier alpha value is -4.11. The van der Waals surface area contributed by atoms with E-state index in [1.807, 2.05) is 0 Å². The number of carboxylic acids is 2. The number of hydrogen-bond donors (Lipinski definition) is 2. The van der Waals surface area contributed by atoms with Crippen LogP contribution in [0.2, 0.25) is 0 Å². The number of ether oxygens (including phenoxy) is 4. The fraction of sp³-hybridized carbons (Fsp3) is 0.500. The van der Waals surface area contributed by atoms with Crippen LogP contribution in [0.5, 0.6) is 17.2 Å². The summed E-state index contributed by atoms with van der Waals surface area (Å²) in [5.74, 6) is -7.09. The molecule has 2 N–H and O–H groups in total. The van der Waals surface area contributed by atoms with Crippen LogP contribution in [0.15, 0.2) is 12.1 Å². The van der Waals surface area contributed by atoms with Crippen molar-refractivity contribution in [1.29, 1.82) is 0 Å². The molecule has 1 rings (SSSR count). The number of rotatable bonds is 13. The molecule has 15 heteroatoms. The largest absolute Gasteiger partial charge is 0.493 e.